The van der Waals surface area contributed by atoms with Crippen molar-refractivity contribution in [2.45, 2.75) is 0 Å². The highest BCUT2D eigenvalue weighted by molar-refractivity contribution is 8.18. The molecule has 0 atom stereocenters. The third kappa shape index (κ3) is 3.49. The van der Waals surface area contributed by atoms with Gasteiger partial charge in [-0.15, -0.1) is 0 Å². The van der Waals surface area contributed by atoms with Gasteiger partial charge in [0.05, 0.1) is 20.6 Å². The lowest BCUT2D eigenvalue weighted by Gasteiger charge is -2.02. The van der Waals surface area contributed by atoms with E-state index in [4.69, 9.17) is 23.2 Å². The molecule has 3 nitrogen and oxygen atoms in total. The van der Waals surface area contributed by atoms with Gasteiger partial charge in [0.25, 0.3) is 5.91 Å². The number of carbonyl (C=O) groups excluding carboxylic acids is 1. The second kappa shape index (κ2) is 7.16. The Labute approximate surface area is 164 Å². The first-order valence-corrected chi connectivity index (χ1v) is 9.40. The zero-order valence-electron chi connectivity index (χ0n) is 13.4. The largest absolute Gasteiger partial charge is 0.300 e. The van der Waals surface area contributed by atoms with Crippen LogP contribution in [0, 0.1) is 0 Å². The van der Waals surface area contributed by atoms with E-state index in [9.17, 15) is 4.79 Å². The van der Waals surface area contributed by atoms with Crippen LogP contribution in [0.1, 0.15) is 5.56 Å². The number of halogens is 2. The average molecular weight is 399 g/mol. The summed E-state index contributed by atoms with van der Waals surface area (Å²) < 4.78 is 0. The predicted molar refractivity (Wildman–Crippen MR) is 111 cm³/mol. The average Bonchev–Trinajstić information content (AvgIpc) is 2.98. The van der Waals surface area contributed by atoms with Crippen LogP contribution in [0.5, 0.6) is 0 Å². The highest BCUT2D eigenvalue weighted by atomic mass is 35.5. The van der Waals surface area contributed by atoms with Gasteiger partial charge in [-0.1, -0.05) is 65.7 Å². The summed E-state index contributed by atoms with van der Waals surface area (Å²) in [4.78, 5) is 17.3. The molecule has 0 aliphatic carbocycles. The Kier molecular flexibility index (Phi) is 4.72. The second-order valence-electron chi connectivity index (χ2n) is 5.65. The van der Waals surface area contributed by atoms with Gasteiger partial charge in [-0.05, 0) is 52.4 Å². The fourth-order valence-corrected chi connectivity index (χ4v) is 3.79. The molecule has 0 saturated carbocycles. The molecule has 4 rings (SSSR count). The monoisotopic (exact) mass is 398 g/mol. The summed E-state index contributed by atoms with van der Waals surface area (Å²) in [6, 6.07) is 19.2. The van der Waals surface area contributed by atoms with Crippen molar-refractivity contribution in [2.24, 2.45) is 4.99 Å². The minimum atomic E-state index is -0.165. The molecule has 1 N–H and O–H groups in total. The van der Waals surface area contributed by atoms with Crippen LogP contribution in [0.4, 0.5) is 5.69 Å². The first-order valence-electron chi connectivity index (χ1n) is 7.82. The number of hydrogen-bond donors (Lipinski definition) is 1. The van der Waals surface area contributed by atoms with E-state index >= 15 is 0 Å². The Balaban J connectivity index is 1.66. The number of amides is 1. The minimum absolute atomic E-state index is 0.165. The Morgan fingerprint density at radius 2 is 1.77 bits per heavy atom. The molecule has 1 aliphatic heterocycles. The van der Waals surface area contributed by atoms with Crippen LogP contribution in [0.3, 0.4) is 0 Å². The van der Waals surface area contributed by atoms with Crippen molar-refractivity contribution in [1.29, 1.82) is 0 Å². The molecule has 3 aromatic rings. The fourth-order valence-electron chi connectivity index (χ4n) is 2.67. The van der Waals surface area contributed by atoms with Crippen LogP contribution < -0.4 is 5.32 Å². The van der Waals surface area contributed by atoms with E-state index in [1.165, 1.54) is 11.8 Å². The molecule has 26 heavy (non-hydrogen) atoms. The van der Waals surface area contributed by atoms with Crippen molar-refractivity contribution in [1.82, 2.24) is 5.32 Å². The van der Waals surface area contributed by atoms with Crippen LogP contribution >= 0.6 is 35.0 Å². The highest BCUT2D eigenvalue weighted by Crippen LogP contribution is 2.32. The van der Waals surface area contributed by atoms with E-state index in [0.29, 0.717) is 25.8 Å². The summed E-state index contributed by atoms with van der Waals surface area (Å²) in [7, 11) is 0. The van der Waals surface area contributed by atoms with Gasteiger partial charge in [0.2, 0.25) is 0 Å². The number of fused-ring (bicyclic) bond motifs is 1. The smallest absolute Gasteiger partial charge is 0.264 e. The van der Waals surface area contributed by atoms with E-state index in [1.807, 2.05) is 36.4 Å². The molecule has 3 aromatic carbocycles. The standard InChI is InChI=1S/C20H12Cl2N2OS/c21-16-9-8-14(11-17(16)22)23-20-24-19(25)18(26-20)10-13-6-3-5-12-4-1-2-7-15(12)13/h1-11H,(H,23,24,25). The van der Waals surface area contributed by atoms with Gasteiger partial charge in [-0.25, -0.2) is 4.99 Å². The van der Waals surface area contributed by atoms with E-state index in [1.54, 1.807) is 18.2 Å². The van der Waals surface area contributed by atoms with Crippen molar-refractivity contribution < 1.29 is 4.79 Å². The Morgan fingerprint density at radius 3 is 2.62 bits per heavy atom. The number of aliphatic imine (C=N–C) groups is 1. The Bertz CT molecular complexity index is 1090. The van der Waals surface area contributed by atoms with Crippen molar-refractivity contribution in [3.8, 4) is 0 Å². The first kappa shape index (κ1) is 17.2. The normalized spacial score (nSPS) is 17.2. The van der Waals surface area contributed by atoms with Crippen molar-refractivity contribution in [3.05, 3.63) is 81.2 Å². The minimum Gasteiger partial charge on any atom is -0.300 e. The van der Waals surface area contributed by atoms with Gasteiger partial charge < -0.3 is 5.32 Å². The molecule has 1 aliphatic rings. The highest BCUT2D eigenvalue weighted by Gasteiger charge is 2.24. The summed E-state index contributed by atoms with van der Waals surface area (Å²) in [5, 5.41) is 6.43. The van der Waals surface area contributed by atoms with Crippen LogP contribution in [-0.4, -0.2) is 11.1 Å². The predicted octanol–water partition coefficient (Wildman–Crippen LogP) is 6.04. The van der Waals surface area contributed by atoms with Crippen LogP contribution in [0.25, 0.3) is 16.8 Å². The number of hydrogen-bond acceptors (Lipinski definition) is 3. The summed E-state index contributed by atoms with van der Waals surface area (Å²) >= 11 is 13.2. The molecular weight excluding hydrogens is 387 g/mol. The maximum atomic E-state index is 12.3. The molecule has 1 saturated heterocycles. The first-order chi connectivity index (χ1) is 12.6. The van der Waals surface area contributed by atoms with E-state index < -0.39 is 0 Å². The van der Waals surface area contributed by atoms with E-state index in [2.05, 4.69) is 22.4 Å². The van der Waals surface area contributed by atoms with E-state index in [0.717, 1.165) is 16.3 Å². The molecule has 0 radical (unpaired) electrons. The number of benzene rings is 3. The lowest BCUT2D eigenvalue weighted by molar-refractivity contribution is -0.115. The Hall–Kier alpha value is -2.27. The van der Waals surface area contributed by atoms with Crippen molar-refractivity contribution in [2.75, 3.05) is 0 Å². The molecule has 0 aromatic heterocycles. The third-order valence-electron chi connectivity index (χ3n) is 3.89. The maximum absolute atomic E-state index is 12.3. The number of nitrogens with zero attached hydrogens (tertiary/aromatic N) is 1. The molecule has 1 fully saturated rings. The summed E-state index contributed by atoms with van der Waals surface area (Å²) in [6.07, 6.45) is 1.89. The van der Waals surface area contributed by atoms with Gasteiger partial charge in [-0.3, -0.25) is 4.79 Å². The molecule has 0 unspecified atom stereocenters. The van der Waals surface area contributed by atoms with Gasteiger partial charge in [-0.2, -0.15) is 0 Å². The van der Waals surface area contributed by atoms with Crippen LogP contribution in [0.15, 0.2) is 70.6 Å². The van der Waals surface area contributed by atoms with Gasteiger partial charge in [0, 0.05) is 0 Å². The fraction of sp³-hybridized carbons (Fsp3) is 0. The summed E-state index contributed by atoms with van der Waals surface area (Å²) in [6.45, 7) is 0. The zero-order valence-corrected chi connectivity index (χ0v) is 15.7. The quantitative estimate of drug-likeness (QED) is 0.534. The van der Waals surface area contributed by atoms with Gasteiger partial charge in [0.1, 0.15) is 0 Å². The lowest BCUT2D eigenvalue weighted by atomic mass is 10.0. The zero-order chi connectivity index (χ0) is 18.1. The van der Waals surface area contributed by atoms with Crippen LogP contribution in [-0.2, 0) is 4.79 Å². The number of rotatable bonds is 2. The number of carbonyl (C=O) groups is 1. The molecule has 6 heteroatoms. The number of amidine groups is 1. The molecular formula is C20H12Cl2N2OS. The van der Waals surface area contributed by atoms with E-state index in [-0.39, 0.29) is 5.91 Å². The van der Waals surface area contributed by atoms with Crippen LogP contribution in [0.2, 0.25) is 10.0 Å². The summed E-state index contributed by atoms with van der Waals surface area (Å²) in [5.41, 5.74) is 1.63. The SMILES string of the molecule is O=C1NC(=Nc2ccc(Cl)c(Cl)c2)SC1=Cc1cccc2ccccc12. The second-order valence-corrected chi connectivity index (χ2v) is 7.49. The Morgan fingerprint density at radius 1 is 0.962 bits per heavy atom. The molecule has 0 bridgehead atoms. The number of thioether (sulfide) groups is 1. The van der Waals surface area contributed by atoms with Crippen molar-refractivity contribution in [3.63, 3.8) is 0 Å². The molecule has 1 heterocycles. The van der Waals surface area contributed by atoms with Crippen molar-refractivity contribution >= 4 is 68.6 Å². The molecule has 0 spiro atoms. The lowest BCUT2D eigenvalue weighted by Crippen LogP contribution is -2.19. The number of nitrogens with one attached hydrogen (secondary N) is 1. The topological polar surface area (TPSA) is 41.5 Å². The maximum Gasteiger partial charge on any atom is 0.264 e. The molecule has 1 amide bonds. The summed E-state index contributed by atoms with van der Waals surface area (Å²) in [5.74, 6) is -0.165. The third-order valence-corrected chi connectivity index (χ3v) is 5.54. The van der Waals surface area contributed by atoms with Gasteiger partial charge in [0.15, 0.2) is 5.17 Å². The molecule has 128 valence electrons. The van der Waals surface area contributed by atoms with Gasteiger partial charge >= 0.3 is 0 Å².